The first-order valence-electron chi connectivity index (χ1n) is 9.09. The summed E-state index contributed by atoms with van der Waals surface area (Å²) in [6, 6.07) is 16.3. The molecule has 5 nitrogen and oxygen atoms in total. The van der Waals surface area contributed by atoms with Gasteiger partial charge in [0, 0.05) is 23.4 Å². The molecule has 2 aromatic carbocycles. The summed E-state index contributed by atoms with van der Waals surface area (Å²) in [5, 5.41) is 5.86. The molecule has 2 aromatic rings. The van der Waals surface area contributed by atoms with Gasteiger partial charge in [-0.15, -0.1) is 0 Å². The zero-order chi connectivity index (χ0) is 18.2. The second-order valence-electron chi connectivity index (χ2n) is 6.54. The molecule has 0 saturated heterocycles. The summed E-state index contributed by atoms with van der Waals surface area (Å²) in [5.74, 6) is 0.267. The van der Waals surface area contributed by atoms with Gasteiger partial charge < -0.3 is 15.4 Å². The third-order valence-electron chi connectivity index (χ3n) is 4.47. The summed E-state index contributed by atoms with van der Waals surface area (Å²) in [6.45, 7) is -0.0212. The Hall–Kier alpha value is -2.82. The van der Waals surface area contributed by atoms with Crippen molar-refractivity contribution in [2.45, 2.75) is 38.1 Å². The molecule has 0 radical (unpaired) electrons. The monoisotopic (exact) mass is 352 g/mol. The second-order valence-corrected chi connectivity index (χ2v) is 6.54. The number of ether oxygens (including phenoxy) is 1. The molecule has 0 unspecified atom stereocenters. The highest BCUT2D eigenvalue weighted by atomic mass is 16.5. The van der Waals surface area contributed by atoms with Crippen molar-refractivity contribution in [3.63, 3.8) is 0 Å². The molecule has 5 heteroatoms. The van der Waals surface area contributed by atoms with E-state index >= 15 is 0 Å². The Labute approximate surface area is 153 Å². The molecule has 1 saturated carbocycles. The largest absolute Gasteiger partial charge is 0.484 e. The molecule has 0 heterocycles. The Morgan fingerprint density at radius 2 is 1.73 bits per heavy atom. The highest BCUT2D eigenvalue weighted by Gasteiger charge is 2.15. The van der Waals surface area contributed by atoms with Crippen molar-refractivity contribution in [3.8, 4) is 5.75 Å². The second kappa shape index (κ2) is 9.04. The van der Waals surface area contributed by atoms with E-state index < -0.39 is 0 Å². The fourth-order valence-electron chi connectivity index (χ4n) is 3.12. The van der Waals surface area contributed by atoms with Crippen LogP contribution in [0.1, 0.15) is 42.5 Å². The lowest BCUT2D eigenvalue weighted by Gasteiger charge is -2.22. The summed E-state index contributed by atoms with van der Waals surface area (Å²) >= 11 is 0. The average Bonchev–Trinajstić information content (AvgIpc) is 2.68. The smallest absolute Gasteiger partial charge is 0.258 e. The van der Waals surface area contributed by atoms with E-state index in [1.807, 2.05) is 18.2 Å². The number of anilines is 1. The van der Waals surface area contributed by atoms with Crippen LogP contribution >= 0.6 is 0 Å². The van der Waals surface area contributed by atoms with Crippen LogP contribution < -0.4 is 15.4 Å². The van der Waals surface area contributed by atoms with E-state index in [2.05, 4.69) is 10.6 Å². The maximum Gasteiger partial charge on any atom is 0.258 e. The number of rotatable bonds is 6. The third kappa shape index (κ3) is 5.34. The molecule has 0 aromatic heterocycles. The summed E-state index contributed by atoms with van der Waals surface area (Å²) in [4.78, 5) is 24.2. The number of amides is 2. The molecule has 1 aliphatic rings. The lowest BCUT2D eigenvalue weighted by molar-refractivity contribution is -0.124. The van der Waals surface area contributed by atoms with Crippen LogP contribution in [-0.4, -0.2) is 24.5 Å². The molecule has 3 rings (SSSR count). The van der Waals surface area contributed by atoms with Gasteiger partial charge in [0.1, 0.15) is 5.75 Å². The molecule has 136 valence electrons. The van der Waals surface area contributed by atoms with Crippen molar-refractivity contribution in [2.75, 3.05) is 11.9 Å². The van der Waals surface area contributed by atoms with Crippen molar-refractivity contribution in [3.05, 3.63) is 60.2 Å². The highest BCUT2D eigenvalue weighted by molar-refractivity contribution is 6.04. The van der Waals surface area contributed by atoms with Gasteiger partial charge in [0.15, 0.2) is 6.61 Å². The Kier molecular flexibility index (Phi) is 6.25. The molecule has 1 aliphatic carbocycles. The standard InChI is InChI=1S/C21H24N2O3/c24-20(22-17-10-5-2-6-11-17)15-26-19-13-7-12-18(14-19)23-21(25)16-8-3-1-4-9-16/h1,3-4,7-9,12-14,17H,2,5-6,10-11,15H2,(H,22,24)(H,23,25). The van der Waals surface area contributed by atoms with Crippen LogP contribution in [0.15, 0.2) is 54.6 Å². The molecular formula is C21H24N2O3. The first-order valence-corrected chi connectivity index (χ1v) is 9.09. The van der Waals surface area contributed by atoms with E-state index in [1.165, 1.54) is 19.3 Å². The van der Waals surface area contributed by atoms with Crippen LogP contribution in [0.5, 0.6) is 5.75 Å². The maximum absolute atomic E-state index is 12.2. The molecule has 0 spiro atoms. The van der Waals surface area contributed by atoms with Gasteiger partial charge in [0.05, 0.1) is 0 Å². The number of benzene rings is 2. The van der Waals surface area contributed by atoms with E-state index in [0.717, 1.165) is 12.8 Å². The predicted molar refractivity (Wildman–Crippen MR) is 101 cm³/mol. The first-order chi connectivity index (χ1) is 12.7. The van der Waals surface area contributed by atoms with Gasteiger partial charge in [-0.05, 0) is 37.1 Å². The van der Waals surface area contributed by atoms with Crippen molar-refractivity contribution in [1.29, 1.82) is 0 Å². The maximum atomic E-state index is 12.2. The predicted octanol–water partition coefficient (Wildman–Crippen LogP) is 3.77. The minimum atomic E-state index is -0.183. The van der Waals surface area contributed by atoms with E-state index in [-0.39, 0.29) is 24.5 Å². The number of carbonyl (C=O) groups excluding carboxylic acids is 2. The highest BCUT2D eigenvalue weighted by Crippen LogP contribution is 2.19. The van der Waals surface area contributed by atoms with Gasteiger partial charge in [0.2, 0.25) is 0 Å². The Morgan fingerprint density at radius 3 is 2.50 bits per heavy atom. The van der Waals surface area contributed by atoms with E-state index in [1.54, 1.807) is 36.4 Å². The fourth-order valence-corrected chi connectivity index (χ4v) is 3.12. The number of nitrogens with one attached hydrogen (secondary N) is 2. The third-order valence-corrected chi connectivity index (χ3v) is 4.47. The van der Waals surface area contributed by atoms with Gasteiger partial charge in [0.25, 0.3) is 11.8 Å². The van der Waals surface area contributed by atoms with Crippen molar-refractivity contribution >= 4 is 17.5 Å². The Morgan fingerprint density at radius 1 is 0.962 bits per heavy atom. The fraction of sp³-hybridized carbons (Fsp3) is 0.333. The van der Waals surface area contributed by atoms with Crippen LogP contribution in [0.4, 0.5) is 5.69 Å². The molecule has 26 heavy (non-hydrogen) atoms. The summed E-state index contributed by atoms with van der Waals surface area (Å²) in [7, 11) is 0. The van der Waals surface area contributed by atoms with Gasteiger partial charge in [-0.3, -0.25) is 9.59 Å². The van der Waals surface area contributed by atoms with Crippen molar-refractivity contribution < 1.29 is 14.3 Å². The lowest BCUT2D eigenvalue weighted by Crippen LogP contribution is -2.38. The van der Waals surface area contributed by atoms with Gasteiger partial charge in [-0.2, -0.15) is 0 Å². The topological polar surface area (TPSA) is 67.4 Å². The zero-order valence-electron chi connectivity index (χ0n) is 14.7. The SMILES string of the molecule is O=C(COc1cccc(NC(=O)c2ccccc2)c1)NC1CCCCC1. The Balaban J connectivity index is 1.50. The minimum absolute atomic E-state index is 0.0212. The van der Waals surface area contributed by atoms with Crippen molar-refractivity contribution in [2.24, 2.45) is 0 Å². The minimum Gasteiger partial charge on any atom is -0.484 e. The molecule has 0 atom stereocenters. The van der Waals surface area contributed by atoms with Gasteiger partial charge >= 0.3 is 0 Å². The van der Waals surface area contributed by atoms with Crippen LogP contribution in [-0.2, 0) is 4.79 Å². The zero-order valence-corrected chi connectivity index (χ0v) is 14.7. The average molecular weight is 352 g/mol. The van der Waals surface area contributed by atoms with Crippen LogP contribution in [0.25, 0.3) is 0 Å². The van der Waals surface area contributed by atoms with Gasteiger partial charge in [-0.25, -0.2) is 0 Å². The molecule has 0 bridgehead atoms. The molecule has 1 fully saturated rings. The van der Waals surface area contributed by atoms with E-state index in [0.29, 0.717) is 17.0 Å². The quantitative estimate of drug-likeness (QED) is 0.832. The molecule has 2 N–H and O–H groups in total. The van der Waals surface area contributed by atoms with E-state index in [4.69, 9.17) is 4.74 Å². The number of hydrogen-bond acceptors (Lipinski definition) is 3. The van der Waals surface area contributed by atoms with Crippen LogP contribution in [0, 0.1) is 0 Å². The van der Waals surface area contributed by atoms with E-state index in [9.17, 15) is 9.59 Å². The Bertz CT molecular complexity index is 740. The molecular weight excluding hydrogens is 328 g/mol. The number of hydrogen-bond donors (Lipinski definition) is 2. The molecule has 0 aliphatic heterocycles. The first kappa shape index (κ1) is 18.0. The summed E-state index contributed by atoms with van der Waals surface area (Å²) in [6.07, 6.45) is 5.70. The van der Waals surface area contributed by atoms with Crippen molar-refractivity contribution in [1.82, 2.24) is 5.32 Å². The van der Waals surface area contributed by atoms with Gasteiger partial charge in [-0.1, -0.05) is 43.5 Å². The van der Waals surface area contributed by atoms with Crippen LogP contribution in [0.3, 0.4) is 0 Å². The lowest BCUT2D eigenvalue weighted by atomic mass is 9.95. The normalized spacial score (nSPS) is 14.5. The molecule has 2 amide bonds. The summed E-state index contributed by atoms with van der Waals surface area (Å²) < 4.78 is 5.57. The van der Waals surface area contributed by atoms with Crippen LogP contribution in [0.2, 0.25) is 0 Å². The number of carbonyl (C=O) groups is 2. The summed E-state index contributed by atoms with van der Waals surface area (Å²) in [5.41, 5.74) is 1.22.